The highest BCUT2D eigenvalue weighted by molar-refractivity contribution is 5.80. The van der Waals surface area contributed by atoms with E-state index in [1.807, 2.05) is 47.1 Å². The second-order valence-corrected chi connectivity index (χ2v) is 5.71. The van der Waals surface area contributed by atoms with Crippen LogP contribution in [0.25, 0.3) is 5.70 Å². The standard InChI is InChI=1S/C19H20N2/c1-13-8-4-7-11-18(13)20-12-21-14(2)16-9-5-6-10-17(16)19(21)15(20)3/h4-11,14H,12H2,1-3H3/i12D,14D. The third-order valence-electron chi connectivity index (χ3n) is 4.48. The maximum Gasteiger partial charge on any atom is 0.0955 e. The summed E-state index contributed by atoms with van der Waals surface area (Å²) in [5.74, 6) is 0. The molecule has 0 amide bonds. The molecule has 106 valence electrons. The number of benzene rings is 2. The van der Waals surface area contributed by atoms with E-state index in [-0.39, 0.29) is 0 Å². The average Bonchev–Trinajstić information content (AvgIpc) is 2.93. The molecule has 2 aromatic carbocycles. The van der Waals surface area contributed by atoms with E-state index in [4.69, 9.17) is 2.74 Å². The Hall–Kier alpha value is -2.22. The minimum atomic E-state index is -0.920. The third kappa shape index (κ3) is 1.65. The van der Waals surface area contributed by atoms with Gasteiger partial charge in [-0.05, 0) is 38.0 Å². The summed E-state index contributed by atoms with van der Waals surface area (Å²) >= 11 is 0. The van der Waals surface area contributed by atoms with Crippen LogP contribution >= 0.6 is 0 Å². The summed E-state index contributed by atoms with van der Waals surface area (Å²) < 4.78 is 17.7. The van der Waals surface area contributed by atoms with Crippen molar-refractivity contribution in [2.75, 3.05) is 11.5 Å². The lowest BCUT2D eigenvalue weighted by Gasteiger charge is -2.26. The van der Waals surface area contributed by atoms with Crippen LogP contribution in [0, 0.1) is 6.92 Å². The Kier molecular flexibility index (Phi) is 2.19. The lowest BCUT2D eigenvalue weighted by Crippen LogP contribution is -2.27. The van der Waals surface area contributed by atoms with Gasteiger partial charge in [-0.3, -0.25) is 0 Å². The van der Waals surface area contributed by atoms with Crippen LogP contribution in [0.1, 0.15) is 39.3 Å². The van der Waals surface area contributed by atoms with Gasteiger partial charge < -0.3 is 9.80 Å². The Labute approximate surface area is 129 Å². The summed E-state index contributed by atoms with van der Waals surface area (Å²) in [6.45, 7) is 5.38. The Balaban J connectivity index is 1.95. The highest BCUT2D eigenvalue weighted by Crippen LogP contribution is 2.47. The Morgan fingerprint density at radius 3 is 2.62 bits per heavy atom. The monoisotopic (exact) mass is 278 g/mol. The molecule has 2 nitrogen and oxygen atoms in total. The Morgan fingerprint density at radius 1 is 1.10 bits per heavy atom. The van der Waals surface area contributed by atoms with E-state index < -0.39 is 12.7 Å². The van der Waals surface area contributed by atoms with Crippen molar-refractivity contribution in [3.05, 3.63) is 70.9 Å². The van der Waals surface area contributed by atoms with Gasteiger partial charge in [-0.15, -0.1) is 0 Å². The fourth-order valence-corrected chi connectivity index (χ4v) is 3.34. The molecule has 0 aliphatic carbocycles. The zero-order valence-corrected chi connectivity index (χ0v) is 12.6. The van der Waals surface area contributed by atoms with Crippen molar-refractivity contribution in [1.82, 2.24) is 4.90 Å². The summed E-state index contributed by atoms with van der Waals surface area (Å²) in [6.07, 6.45) is 0. The molecule has 0 saturated carbocycles. The lowest BCUT2D eigenvalue weighted by molar-refractivity contribution is 0.359. The van der Waals surface area contributed by atoms with Gasteiger partial charge in [-0.2, -0.15) is 0 Å². The van der Waals surface area contributed by atoms with Crippen molar-refractivity contribution >= 4 is 11.4 Å². The van der Waals surface area contributed by atoms with Crippen molar-refractivity contribution in [3.8, 4) is 0 Å². The molecule has 2 unspecified atom stereocenters. The predicted molar refractivity (Wildman–Crippen MR) is 87.8 cm³/mol. The summed E-state index contributed by atoms with van der Waals surface area (Å²) in [4.78, 5) is 3.95. The van der Waals surface area contributed by atoms with Crippen LogP contribution in [0.5, 0.6) is 0 Å². The quantitative estimate of drug-likeness (QED) is 0.755. The van der Waals surface area contributed by atoms with Crippen molar-refractivity contribution in [3.63, 3.8) is 0 Å². The fraction of sp³-hybridized carbons (Fsp3) is 0.263. The van der Waals surface area contributed by atoms with Crippen LogP contribution in [-0.4, -0.2) is 11.5 Å². The second kappa shape index (κ2) is 4.39. The van der Waals surface area contributed by atoms with Gasteiger partial charge in [0.2, 0.25) is 0 Å². The number of aryl methyl sites for hydroxylation is 1. The van der Waals surface area contributed by atoms with E-state index in [9.17, 15) is 0 Å². The first kappa shape index (κ1) is 10.5. The van der Waals surface area contributed by atoms with Crippen molar-refractivity contribution in [2.45, 2.75) is 26.8 Å². The largest absolute Gasteiger partial charge is 0.345 e. The van der Waals surface area contributed by atoms with Crippen molar-refractivity contribution in [1.29, 1.82) is 0 Å². The van der Waals surface area contributed by atoms with E-state index in [0.29, 0.717) is 0 Å². The van der Waals surface area contributed by atoms with Crippen LogP contribution in [0.2, 0.25) is 0 Å². The van der Waals surface area contributed by atoms with Gasteiger partial charge in [0.1, 0.15) is 0 Å². The van der Waals surface area contributed by atoms with Crippen LogP contribution in [-0.2, 0) is 0 Å². The molecule has 0 bridgehead atoms. The van der Waals surface area contributed by atoms with Gasteiger partial charge in [0.05, 0.1) is 21.1 Å². The summed E-state index contributed by atoms with van der Waals surface area (Å²) in [7, 11) is 0. The number of rotatable bonds is 1. The van der Waals surface area contributed by atoms with E-state index in [1.165, 1.54) is 0 Å². The molecule has 2 atom stereocenters. The minimum Gasteiger partial charge on any atom is -0.345 e. The van der Waals surface area contributed by atoms with Gasteiger partial charge in [-0.1, -0.05) is 42.5 Å². The molecular formula is C19H20N2. The van der Waals surface area contributed by atoms with E-state index >= 15 is 0 Å². The smallest absolute Gasteiger partial charge is 0.0955 e. The van der Waals surface area contributed by atoms with Crippen LogP contribution < -0.4 is 4.90 Å². The Bertz CT molecular complexity index is 826. The summed E-state index contributed by atoms with van der Waals surface area (Å²) in [5.41, 5.74) is 6.31. The normalized spacial score (nSPS) is 28.4. The van der Waals surface area contributed by atoms with Crippen molar-refractivity contribution in [2.24, 2.45) is 0 Å². The highest BCUT2D eigenvalue weighted by Gasteiger charge is 2.38. The number of fused-ring (bicyclic) bond motifs is 3. The summed E-state index contributed by atoms with van der Waals surface area (Å²) in [6, 6.07) is 15.3. The molecule has 21 heavy (non-hydrogen) atoms. The van der Waals surface area contributed by atoms with Crippen LogP contribution in [0.3, 0.4) is 0 Å². The summed E-state index contributed by atoms with van der Waals surface area (Å²) in [5, 5.41) is 0. The Morgan fingerprint density at radius 2 is 1.81 bits per heavy atom. The first-order valence-corrected chi connectivity index (χ1v) is 7.32. The number of anilines is 1. The van der Waals surface area contributed by atoms with Gasteiger partial charge in [-0.25, -0.2) is 0 Å². The number of allylic oxidation sites excluding steroid dienone is 1. The molecule has 2 heterocycles. The second-order valence-electron chi connectivity index (χ2n) is 5.71. The van der Waals surface area contributed by atoms with E-state index in [2.05, 4.69) is 32.0 Å². The topological polar surface area (TPSA) is 6.48 Å². The molecular weight excluding hydrogens is 256 g/mol. The van der Waals surface area contributed by atoms with Crippen molar-refractivity contribution < 1.29 is 2.74 Å². The van der Waals surface area contributed by atoms with Crippen LogP contribution in [0.15, 0.2) is 54.2 Å². The zero-order valence-electron chi connectivity index (χ0n) is 14.6. The molecule has 0 radical (unpaired) electrons. The molecule has 2 aliphatic rings. The number of para-hydroxylation sites is 1. The number of hydrogen-bond donors (Lipinski definition) is 0. The molecule has 0 fully saturated rings. The highest BCUT2D eigenvalue weighted by atomic mass is 15.4. The fourth-order valence-electron chi connectivity index (χ4n) is 3.34. The maximum atomic E-state index is 8.87. The van der Waals surface area contributed by atoms with Gasteiger partial charge >= 0.3 is 0 Å². The van der Waals surface area contributed by atoms with Gasteiger partial charge in [0, 0.05) is 16.9 Å². The van der Waals surface area contributed by atoms with Crippen LogP contribution in [0.4, 0.5) is 5.69 Å². The minimum absolute atomic E-state index is 0.624. The SMILES string of the molecule is [2H]C1N(c2ccccc2C)C(C)=C2c3ccccc3C([2H])(C)N21. The number of nitrogens with zero attached hydrogens (tertiary/aromatic N) is 2. The van der Waals surface area contributed by atoms with Gasteiger partial charge in [0.15, 0.2) is 0 Å². The molecule has 0 aromatic heterocycles. The molecule has 4 rings (SSSR count). The zero-order chi connectivity index (χ0) is 16.4. The molecule has 2 aliphatic heterocycles. The van der Waals surface area contributed by atoms with E-state index in [1.54, 1.807) is 0 Å². The first-order valence-electron chi connectivity index (χ1n) is 8.39. The molecule has 2 heteroatoms. The first-order chi connectivity index (χ1) is 10.9. The molecule has 2 aromatic rings. The molecule has 0 saturated heterocycles. The maximum absolute atomic E-state index is 8.87. The lowest BCUT2D eigenvalue weighted by atomic mass is 10.0. The van der Waals surface area contributed by atoms with E-state index in [0.717, 1.165) is 33.8 Å². The number of hydrogen-bond acceptors (Lipinski definition) is 2. The predicted octanol–water partition coefficient (Wildman–Crippen LogP) is 4.54. The third-order valence-corrected chi connectivity index (χ3v) is 4.48. The van der Waals surface area contributed by atoms with Gasteiger partial charge in [0.25, 0.3) is 0 Å². The molecule has 0 spiro atoms. The average molecular weight is 278 g/mol. The molecule has 0 N–H and O–H groups in total.